The highest BCUT2D eigenvalue weighted by Gasteiger charge is 2.08. The monoisotopic (exact) mass is 318 g/mol. The molecule has 0 saturated carbocycles. The van der Waals surface area contributed by atoms with Crippen LogP contribution in [0, 0.1) is 13.8 Å². The normalized spacial score (nSPS) is 10.5. The molecule has 0 aliphatic heterocycles. The van der Waals surface area contributed by atoms with Crippen molar-refractivity contribution in [3.63, 3.8) is 0 Å². The number of rotatable bonds is 5. The highest BCUT2D eigenvalue weighted by Crippen LogP contribution is 2.22. The molecule has 0 fully saturated rings. The Labute approximate surface area is 143 Å². The first-order valence-corrected chi connectivity index (χ1v) is 8.06. The SMILES string of the molecule is Cc1ccc(CNc2nc(C)cc(N(C)c3ccccc3)n2)cc1. The smallest absolute Gasteiger partial charge is 0.225 e. The fourth-order valence-electron chi connectivity index (χ4n) is 2.47. The minimum absolute atomic E-state index is 0.647. The largest absolute Gasteiger partial charge is 0.350 e. The third-order valence-corrected chi connectivity index (χ3v) is 3.90. The van der Waals surface area contributed by atoms with Crippen molar-refractivity contribution < 1.29 is 0 Å². The molecule has 2 aromatic carbocycles. The fraction of sp³-hybridized carbons (Fsp3) is 0.200. The van der Waals surface area contributed by atoms with E-state index in [2.05, 4.69) is 63.5 Å². The lowest BCUT2D eigenvalue weighted by molar-refractivity contribution is 1.00. The summed E-state index contributed by atoms with van der Waals surface area (Å²) in [6.07, 6.45) is 0. The van der Waals surface area contributed by atoms with Crippen molar-refractivity contribution in [3.05, 3.63) is 77.5 Å². The minimum atomic E-state index is 0.647. The predicted octanol–water partition coefficient (Wildman–Crippen LogP) is 4.47. The zero-order valence-corrected chi connectivity index (χ0v) is 14.3. The van der Waals surface area contributed by atoms with Crippen LogP contribution in [0.25, 0.3) is 0 Å². The van der Waals surface area contributed by atoms with Crippen LogP contribution in [0.1, 0.15) is 16.8 Å². The predicted molar refractivity (Wildman–Crippen MR) is 99.8 cm³/mol. The molecule has 3 rings (SSSR count). The summed E-state index contributed by atoms with van der Waals surface area (Å²) in [4.78, 5) is 11.2. The van der Waals surface area contributed by atoms with E-state index in [0.717, 1.165) is 17.2 Å². The summed E-state index contributed by atoms with van der Waals surface area (Å²) in [6, 6.07) is 20.7. The van der Waals surface area contributed by atoms with Crippen molar-refractivity contribution in [2.45, 2.75) is 20.4 Å². The number of anilines is 3. The molecule has 122 valence electrons. The molecule has 0 spiro atoms. The van der Waals surface area contributed by atoms with Gasteiger partial charge in [-0.15, -0.1) is 0 Å². The van der Waals surface area contributed by atoms with Gasteiger partial charge in [-0.05, 0) is 31.5 Å². The highest BCUT2D eigenvalue weighted by atomic mass is 15.2. The van der Waals surface area contributed by atoms with E-state index in [-0.39, 0.29) is 0 Å². The Morgan fingerprint density at radius 1 is 0.917 bits per heavy atom. The van der Waals surface area contributed by atoms with Gasteiger partial charge in [0.05, 0.1) is 0 Å². The third-order valence-electron chi connectivity index (χ3n) is 3.90. The molecular formula is C20H22N4. The molecule has 0 amide bonds. The van der Waals surface area contributed by atoms with Gasteiger partial charge in [-0.25, -0.2) is 4.98 Å². The van der Waals surface area contributed by atoms with Crippen molar-refractivity contribution in [1.29, 1.82) is 0 Å². The van der Waals surface area contributed by atoms with Gasteiger partial charge in [-0.2, -0.15) is 4.98 Å². The highest BCUT2D eigenvalue weighted by molar-refractivity contribution is 5.60. The second-order valence-corrected chi connectivity index (χ2v) is 5.92. The lowest BCUT2D eigenvalue weighted by Crippen LogP contribution is -2.13. The molecule has 1 N–H and O–H groups in total. The van der Waals surface area contributed by atoms with Gasteiger partial charge >= 0.3 is 0 Å². The lowest BCUT2D eigenvalue weighted by atomic mass is 10.1. The molecule has 4 heteroatoms. The van der Waals surface area contributed by atoms with E-state index in [1.54, 1.807) is 0 Å². The maximum Gasteiger partial charge on any atom is 0.225 e. The van der Waals surface area contributed by atoms with Crippen molar-refractivity contribution in [3.8, 4) is 0 Å². The van der Waals surface area contributed by atoms with E-state index in [4.69, 9.17) is 0 Å². The zero-order chi connectivity index (χ0) is 16.9. The Morgan fingerprint density at radius 3 is 2.33 bits per heavy atom. The molecule has 24 heavy (non-hydrogen) atoms. The fourth-order valence-corrected chi connectivity index (χ4v) is 2.47. The Hall–Kier alpha value is -2.88. The van der Waals surface area contributed by atoms with E-state index in [1.807, 2.05) is 38.2 Å². The van der Waals surface area contributed by atoms with E-state index in [1.165, 1.54) is 11.1 Å². The molecule has 0 unspecified atom stereocenters. The third kappa shape index (κ3) is 3.90. The average molecular weight is 318 g/mol. The van der Waals surface area contributed by atoms with Crippen LogP contribution in [-0.2, 0) is 6.54 Å². The average Bonchev–Trinajstić information content (AvgIpc) is 2.61. The van der Waals surface area contributed by atoms with Gasteiger partial charge in [-0.3, -0.25) is 0 Å². The summed E-state index contributed by atoms with van der Waals surface area (Å²) in [5.74, 6) is 1.52. The second kappa shape index (κ2) is 7.13. The lowest BCUT2D eigenvalue weighted by Gasteiger charge is -2.19. The number of hydrogen-bond donors (Lipinski definition) is 1. The van der Waals surface area contributed by atoms with Crippen molar-refractivity contribution in [2.75, 3.05) is 17.3 Å². The Balaban J connectivity index is 1.77. The Morgan fingerprint density at radius 2 is 1.62 bits per heavy atom. The van der Waals surface area contributed by atoms with Crippen LogP contribution in [-0.4, -0.2) is 17.0 Å². The maximum atomic E-state index is 4.65. The van der Waals surface area contributed by atoms with Crippen LogP contribution in [0.4, 0.5) is 17.5 Å². The van der Waals surface area contributed by atoms with Crippen molar-refractivity contribution >= 4 is 17.5 Å². The van der Waals surface area contributed by atoms with E-state index in [0.29, 0.717) is 12.5 Å². The molecule has 0 bridgehead atoms. The second-order valence-electron chi connectivity index (χ2n) is 5.92. The number of hydrogen-bond acceptors (Lipinski definition) is 4. The van der Waals surface area contributed by atoms with Crippen LogP contribution < -0.4 is 10.2 Å². The maximum absolute atomic E-state index is 4.65. The number of para-hydroxylation sites is 1. The number of nitrogens with one attached hydrogen (secondary N) is 1. The Kier molecular flexibility index (Phi) is 4.75. The number of aryl methyl sites for hydroxylation is 2. The zero-order valence-electron chi connectivity index (χ0n) is 14.3. The number of aromatic nitrogens is 2. The van der Waals surface area contributed by atoms with Gasteiger partial charge in [0.2, 0.25) is 5.95 Å². The van der Waals surface area contributed by atoms with Crippen LogP contribution >= 0.6 is 0 Å². The molecule has 0 atom stereocenters. The van der Waals surface area contributed by atoms with Gasteiger partial charge in [0.15, 0.2) is 0 Å². The molecule has 4 nitrogen and oxygen atoms in total. The Bertz CT molecular complexity index is 798. The van der Waals surface area contributed by atoms with Crippen molar-refractivity contribution in [1.82, 2.24) is 9.97 Å². The molecule has 1 aromatic heterocycles. The molecule has 0 aliphatic rings. The van der Waals surface area contributed by atoms with Gasteiger partial charge in [0, 0.05) is 31.0 Å². The molecule has 0 radical (unpaired) electrons. The van der Waals surface area contributed by atoms with Crippen LogP contribution in [0.3, 0.4) is 0 Å². The first-order valence-electron chi connectivity index (χ1n) is 8.06. The minimum Gasteiger partial charge on any atom is -0.350 e. The molecule has 1 heterocycles. The molecule has 0 saturated heterocycles. The summed E-state index contributed by atoms with van der Waals surface area (Å²) < 4.78 is 0. The van der Waals surface area contributed by atoms with Gasteiger partial charge in [0.1, 0.15) is 5.82 Å². The summed E-state index contributed by atoms with van der Waals surface area (Å²) in [6.45, 7) is 4.78. The van der Waals surface area contributed by atoms with E-state index >= 15 is 0 Å². The van der Waals surface area contributed by atoms with E-state index in [9.17, 15) is 0 Å². The first kappa shape index (κ1) is 16.0. The topological polar surface area (TPSA) is 41.1 Å². The summed E-state index contributed by atoms with van der Waals surface area (Å²) in [5, 5.41) is 3.32. The van der Waals surface area contributed by atoms with Gasteiger partial charge in [-0.1, -0.05) is 48.0 Å². The quantitative estimate of drug-likeness (QED) is 0.753. The molecule has 0 aliphatic carbocycles. The van der Waals surface area contributed by atoms with Gasteiger partial charge < -0.3 is 10.2 Å². The van der Waals surface area contributed by atoms with Crippen LogP contribution in [0.15, 0.2) is 60.7 Å². The summed E-state index contributed by atoms with van der Waals surface area (Å²) in [7, 11) is 2.01. The first-order chi connectivity index (χ1) is 11.6. The van der Waals surface area contributed by atoms with Crippen molar-refractivity contribution in [2.24, 2.45) is 0 Å². The number of nitrogens with zero attached hydrogens (tertiary/aromatic N) is 3. The summed E-state index contributed by atoms with van der Waals surface area (Å²) >= 11 is 0. The number of benzene rings is 2. The summed E-state index contributed by atoms with van der Waals surface area (Å²) in [5.41, 5.74) is 4.51. The van der Waals surface area contributed by atoms with Crippen LogP contribution in [0.2, 0.25) is 0 Å². The molecule has 3 aromatic rings. The van der Waals surface area contributed by atoms with E-state index < -0.39 is 0 Å². The standard InChI is InChI=1S/C20H22N4/c1-15-9-11-17(12-10-15)14-21-20-22-16(2)13-19(23-20)24(3)18-7-5-4-6-8-18/h4-13H,14H2,1-3H3,(H,21,22,23). The molecular weight excluding hydrogens is 296 g/mol. The van der Waals surface area contributed by atoms with Gasteiger partial charge in [0.25, 0.3) is 0 Å². The van der Waals surface area contributed by atoms with Crippen LogP contribution in [0.5, 0.6) is 0 Å².